The Balaban J connectivity index is 2.15. The number of primary amides is 1. The van der Waals surface area contributed by atoms with Gasteiger partial charge in [0.1, 0.15) is 16.7 Å². The van der Waals surface area contributed by atoms with E-state index < -0.39 is 29.3 Å². The Labute approximate surface area is 207 Å². The van der Waals surface area contributed by atoms with Crippen LogP contribution in [0.2, 0.25) is 0 Å². The van der Waals surface area contributed by atoms with Crippen LogP contribution in [0.4, 0.5) is 5.69 Å². The number of nitrogens with one attached hydrogen (secondary N) is 1. The lowest BCUT2D eigenvalue weighted by Gasteiger charge is -2.34. The number of amides is 3. The lowest BCUT2D eigenvalue weighted by molar-refractivity contribution is -0.127. The lowest BCUT2D eigenvalue weighted by atomic mass is 9.98. The molecule has 1 heterocycles. The highest BCUT2D eigenvalue weighted by Gasteiger charge is 2.36. The summed E-state index contributed by atoms with van der Waals surface area (Å²) in [5.41, 5.74) is 11.8. The van der Waals surface area contributed by atoms with E-state index in [2.05, 4.69) is 9.69 Å². The Morgan fingerprint density at radius 3 is 2.29 bits per heavy atom. The number of nitrogen functional groups attached to an aromatic ring is 1. The Morgan fingerprint density at radius 1 is 1.11 bits per heavy atom. The molecule has 0 saturated carbocycles. The molecule has 0 radical (unpaired) electrons. The van der Waals surface area contributed by atoms with Crippen molar-refractivity contribution in [3.63, 3.8) is 0 Å². The van der Waals surface area contributed by atoms with Gasteiger partial charge in [-0.25, -0.2) is 0 Å². The minimum atomic E-state index is -1.06. The second-order valence-corrected chi connectivity index (χ2v) is 9.55. The minimum absolute atomic E-state index is 0.0149. The van der Waals surface area contributed by atoms with Crippen LogP contribution in [-0.4, -0.2) is 37.6 Å². The number of phenols is 1. The van der Waals surface area contributed by atoms with Gasteiger partial charge in [-0.15, -0.1) is 0 Å². The van der Waals surface area contributed by atoms with Gasteiger partial charge in [-0.2, -0.15) is 4.37 Å². The third kappa shape index (κ3) is 5.96. The van der Waals surface area contributed by atoms with E-state index in [-0.39, 0.29) is 28.6 Å². The van der Waals surface area contributed by atoms with E-state index in [0.29, 0.717) is 12.0 Å². The van der Waals surface area contributed by atoms with Gasteiger partial charge >= 0.3 is 0 Å². The highest BCUT2D eigenvalue weighted by Crippen LogP contribution is 2.31. The molecule has 0 unspecified atom stereocenters. The molecular weight excluding hydrogens is 466 g/mol. The maximum atomic E-state index is 13.9. The van der Waals surface area contributed by atoms with Crippen molar-refractivity contribution in [1.82, 2.24) is 14.6 Å². The first-order valence-corrected chi connectivity index (χ1v) is 11.8. The average Bonchev–Trinajstić information content (AvgIpc) is 3.21. The summed E-state index contributed by atoms with van der Waals surface area (Å²) in [6, 6.07) is 14.2. The van der Waals surface area contributed by atoms with Crippen molar-refractivity contribution >= 4 is 34.9 Å². The molecule has 0 aliphatic heterocycles. The molecule has 3 aromatic rings. The van der Waals surface area contributed by atoms with E-state index in [4.69, 9.17) is 11.5 Å². The van der Waals surface area contributed by atoms with Crippen molar-refractivity contribution in [3.05, 3.63) is 76.3 Å². The Kier molecular flexibility index (Phi) is 7.75. The summed E-state index contributed by atoms with van der Waals surface area (Å²) in [6.07, 6.45) is 0.664. The van der Waals surface area contributed by atoms with Gasteiger partial charge in [0.25, 0.3) is 11.8 Å². The zero-order chi connectivity index (χ0) is 25.8. The van der Waals surface area contributed by atoms with Gasteiger partial charge in [-0.05, 0) is 55.1 Å². The predicted octanol–water partition coefficient (Wildman–Crippen LogP) is 3.22. The maximum absolute atomic E-state index is 13.9. The molecule has 35 heavy (non-hydrogen) atoms. The van der Waals surface area contributed by atoms with E-state index in [1.807, 2.05) is 51.1 Å². The maximum Gasteiger partial charge on any atom is 0.270 e. The first-order valence-electron chi connectivity index (χ1n) is 11.0. The normalized spacial score (nSPS) is 12.1. The lowest BCUT2D eigenvalue weighted by Crippen LogP contribution is -2.50. The summed E-state index contributed by atoms with van der Waals surface area (Å²) in [4.78, 5) is 40.6. The molecule has 0 bridgehead atoms. The van der Waals surface area contributed by atoms with Crippen LogP contribution in [0.3, 0.4) is 0 Å². The second kappa shape index (κ2) is 10.6. The zero-order valence-electron chi connectivity index (χ0n) is 19.8. The molecule has 9 nitrogen and oxygen atoms in total. The quantitative estimate of drug-likeness (QED) is 0.358. The van der Waals surface area contributed by atoms with Crippen LogP contribution < -0.4 is 16.8 Å². The van der Waals surface area contributed by atoms with E-state index in [1.54, 1.807) is 12.1 Å². The third-order valence-electron chi connectivity index (χ3n) is 5.73. The molecule has 10 heteroatoms. The molecular formula is C25H29N5O4S. The molecule has 0 fully saturated rings. The number of benzene rings is 2. The number of aromatic hydroxyl groups is 1. The summed E-state index contributed by atoms with van der Waals surface area (Å²) in [5.74, 6) is -1.78. The Bertz CT molecular complexity index is 1210. The number of carbonyl (C=O) groups is 3. The SMILES string of the molecule is CCC(C)(C)NC(=O)[C@@H](c1ccc(O)cc1)N(Cc1ccccc1)C(=O)c1snc(C(N)=O)c1N. The number of hydrogen-bond acceptors (Lipinski definition) is 7. The molecule has 6 N–H and O–H groups in total. The number of nitrogens with two attached hydrogens (primary N) is 2. The number of phenolic OH excluding ortho intramolecular Hbond substituents is 1. The van der Waals surface area contributed by atoms with Crippen LogP contribution in [0.25, 0.3) is 0 Å². The van der Waals surface area contributed by atoms with Crippen molar-refractivity contribution in [3.8, 4) is 5.75 Å². The van der Waals surface area contributed by atoms with Gasteiger partial charge in [0.05, 0.1) is 5.69 Å². The standard InChI is InChI=1S/C25H29N5O4S/c1-4-25(2,3)28-23(33)20(16-10-12-17(31)13-11-16)30(14-15-8-6-5-7-9-15)24(34)21-18(26)19(22(27)32)29-35-21/h5-13,20,31H,4,14,26H2,1-3H3,(H2,27,32)(H,28,33)/t20-/m1/s1. The third-order valence-corrected chi connectivity index (χ3v) is 6.58. The topological polar surface area (TPSA) is 152 Å². The van der Waals surface area contributed by atoms with Crippen molar-refractivity contribution in [2.45, 2.75) is 45.3 Å². The number of anilines is 1. The zero-order valence-corrected chi connectivity index (χ0v) is 20.6. The average molecular weight is 496 g/mol. The van der Waals surface area contributed by atoms with Gasteiger partial charge in [-0.3, -0.25) is 14.4 Å². The summed E-state index contributed by atoms with van der Waals surface area (Å²) < 4.78 is 3.95. The molecule has 2 aromatic carbocycles. The molecule has 0 aliphatic carbocycles. The van der Waals surface area contributed by atoms with Crippen molar-refractivity contribution < 1.29 is 19.5 Å². The highest BCUT2D eigenvalue weighted by molar-refractivity contribution is 7.09. The molecule has 0 saturated heterocycles. The number of rotatable bonds is 9. The number of nitrogens with zero attached hydrogens (tertiary/aromatic N) is 2. The van der Waals surface area contributed by atoms with Crippen molar-refractivity contribution in [2.75, 3.05) is 5.73 Å². The Hall–Kier alpha value is -3.92. The number of carbonyl (C=O) groups excluding carboxylic acids is 3. The van der Waals surface area contributed by atoms with E-state index in [1.165, 1.54) is 17.0 Å². The fourth-order valence-electron chi connectivity index (χ4n) is 3.44. The van der Waals surface area contributed by atoms with Gasteiger partial charge in [0, 0.05) is 12.1 Å². The van der Waals surface area contributed by atoms with E-state index in [9.17, 15) is 19.5 Å². The molecule has 3 rings (SSSR count). The van der Waals surface area contributed by atoms with Crippen molar-refractivity contribution in [2.24, 2.45) is 5.73 Å². The molecule has 184 valence electrons. The number of aromatic nitrogens is 1. The number of hydrogen-bond donors (Lipinski definition) is 4. The van der Waals surface area contributed by atoms with Gasteiger partial charge in [0.15, 0.2) is 5.69 Å². The summed E-state index contributed by atoms with van der Waals surface area (Å²) in [5, 5.41) is 12.8. The summed E-state index contributed by atoms with van der Waals surface area (Å²) in [7, 11) is 0. The van der Waals surface area contributed by atoms with Crippen LogP contribution in [0.1, 0.15) is 64.5 Å². The van der Waals surface area contributed by atoms with Gasteiger partial charge in [-0.1, -0.05) is 49.4 Å². The monoisotopic (exact) mass is 495 g/mol. The van der Waals surface area contributed by atoms with Gasteiger partial charge in [0.2, 0.25) is 5.91 Å². The van der Waals surface area contributed by atoms with Crippen LogP contribution in [0, 0.1) is 0 Å². The van der Waals surface area contributed by atoms with Crippen LogP contribution in [-0.2, 0) is 11.3 Å². The largest absolute Gasteiger partial charge is 0.508 e. The first-order chi connectivity index (χ1) is 16.5. The van der Waals surface area contributed by atoms with E-state index >= 15 is 0 Å². The highest BCUT2D eigenvalue weighted by atomic mass is 32.1. The molecule has 1 atom stereocenters. The predicted molar refractivity (Wildman–Crippen MR) is 135 cm³/mol. The minimum Gasteiger partial charge on any atom is -0.508 e. The summed E-state index contributed by atoms with van der Waals surface area (Å²) in [6.45, 7) is 5.81. The molecule has 0 aliphatic rings. The second-order valence-electron chi connectivity index (χ2n) is 8.78. The van der Waals surface area contributed by atoms with Crippen molar-refractivity contribution in [1.29, 1.82) is 0 Å². The fraction of sp³-hybridized carbons (Fsp3) is 0.280. The smallest absolute Gasteiger partial charge is 0.270 e. The summed E-state index contributed by atoms with van der Waals surface area (Å²) >= 11 is 0.757. The van der Waals surface area contributed by atoms with Crippen LogP contribution in [0.15, 0.2) is 54.6 Å². The molecule has 0 spiro atoms. The van der Waals surface area contributed by atoms with Crippen LogP contribution in [0.5, 0.6) is 5.75 Å². The molecule has 3 amide bonds. The van der Waals surface area contributed by atoms with E-state index in [0.717, 1.165) is 17.1 Å². The fourth-order valence-corrected chi connectivity index (χ4v) is 4.20. The molecule has 1 aromatic heterocycles. The van der Waals surface area contributed by atoms with Gasteiger partial charge < -0.3 is 26.8 Å². The first kappa shape index (κ1) is 25.7. The van der Waals surface area contributed by atoms with Crippen LogP contribution >= 0.6 is 11.5 Å². The Morgan fingerprint density at radius 2 is 1.74 bits per heavy atom.